The Morgan fingerprint density at radius 1 is 1.29 bits per heavy atom. The molecule has 1 fully saturated rings. The first-order valence-corrected chi connectivity index (χ1v) is 7.32. The van der Waals surface area contributed by atoms with Crippen molar-refractivity contribution >= 4 is 17.3 Å². The van der Waals surface area contributed by atoms with Gasteiger partial charge in [-0.25, -0.2) is 0 Å². The summed E-state index contributed by atoms with van der Waals surface area (Å²) in [5.41, 5.74) is 2.53. The van der Waals surface area contributed by atoms with Crippen molar-refractivity contribution in [2.75, 3.05) is 44.2 Å². The van der Waals surface area contributed by atoms with E-state index in [-0.39, 0.29) is 11.9 Å². The first kappa shape index (κ1) is 14.2. The molecule has 3 N–H and O–H groups in total. The van der Waals surface area contributed by atoms with E-state index in [9.17, 15) is 4.79 Å². The van der Waals surface area contributed by atoms with E-state index in [0.29, 0.717) is 24.9 Å². The second kappa shape index (κ2) is 5.91. The second-order valence-corrected chi connectivity index (χ2v) is 5.89. The summed E-state index contributed by atoms with van der Waals surface area (Å²) in [6.07, 6.45) is 0. The van der Waals surface area contributed by atoms with Crippen LogP contribution in [-0.2, 0) is 4.74 Å². The highest BCUT2D eigenvalue weighted by Gasteiger charge is 2.28. The van der Waals surface area contributed by atoms with Gasteiger partial charge in [0.1, 0.15) is 13.5 Å². The predicted molar refractivity (Wildman–Crippen MR) is 82.4 cm³/mol. The molecule has 1 amide bonds. The van der Waals surface area contributed by atoms with Gasteiger partial charge >= 0.3 is 0 Å². The van der Waals surface area contributed by atoms with Crippen LogP contribution >= 0.6 is 0 Å². The van der Waals surface area contributed by atoms with Gasteiger partial charge in [0.15, 0.2) is 0 Å². The molecule has 1 aromatic rings. The normalized spacial score (nSPS) is 25.4. The Kier molecular flexibility index (Phi) is 3.98. The molecule has 0 aliphatic carbocycles. The van der Waals surface area contributed by atoms with Crippen molar-refractivity contribution in [3.8, 4) is 0 Å². The van der Waals surface area contributed by atoms with E-state index >= 15 is 0 Å². The van der Waals surface area contributed by atoms with Gasteiger partial charge in [-0.15, -0.1) is 0 Å². The van der Waals surface area contributed by atoms with Gasteiger partial charge in [-0.05, 0) is 31.2 Å². The molecule has 6 nitrogen and oxygen atoms in total. The van der Waals surface area contributed by atoms with Crippen LogP contribution in [-0.4, -0.2) is 50.4 Å². The molecule has 2 aliphatic heterocycles. The maximum Gasteiger partial charge on any atom is 0.251 e. The number of nitrogens with zero attached hydrogens (tertiary/aromatic N) is 1. The number of fused-ring (bicyclic) bond motifs is 1. The van der Waals surface area contributed by atoms with Gasteiger partial charge in [-0.2, -0.15) is 0 Å². The van der Waals surface area contributed by atoms with E-state index < -0.39 is 0 Å². The lowest BCUT2D eigenvalue weighted by molar-refractivity contribution is 0.0932. The minimum Gasteiger partial charge on any atom is -0.361 e. The number of hydrogen-bond donors (Lipinski definition) is 3. The molecule has 1 saturated heterocycles. The molecule has 21 heavy (non-hydrogen) atoms. The zero-order valence-electron chi connectivity index (χ0n) is 12.5. The first-order chi connectivity index (χ1) is 10.1. The molecule has 0 spiro atoms. The van der Waals surface area contributed by atoms with Crippen LogP contribution in [0.15, 0.2) is 18.2 Å². The number of hydrogen-bond acceptors (Lipinski definition) is 5. The van der Waals surface area contributed by atoms with E-state index in [1.165, 1.54) is 0 Å². The summed E-state index contributed by atoms with van der Waals surface area (Å²) in [5, 5.41) is 9.45. The molecule has 2 aliphatic rings. The SMILES string of the molecule is C[C@H]1CN(C)C[C@H]1NC(=O)c1ccc2c(c1)NCOCN2. The largest absolute Gasteiger partial charge is 0.361 e. The zero-order chi connectivity index (χ0) is 14.8. The molecular formula is C15H22N4O2. The van der Waals surface area contributed by atoms with Gasteiger partial charge < -0.3 is 25.6 Å². The molecule has 0 saturated carbocycles. The third kappa shape index (κ3) is 3.11. The van der Waals surface area contributed by atoms with Gasteiger partial charge in [0.2, 0.25) is 0 Å². The van der Waals surface area contributed by atoms with Gasteiger partial charge in [0, 0.05) is 24.7 Å². The number of carbonyl (C=O) groups excluding carboxylic acids is 1. The molecule has 0 aromatic heterocycles. The van der Waals surface area contributed by atoms with Crippen LogP contribution in [0.5, 0.6) is 0 Å². The van der Waals surface area contributed by atoms with E-state index in [1.54, 1.807) is 0 Å². The van der Waals surface area contributed by atoms with Crippen molar-refractivity contribution in [3.63, 3.8) is 0 Å². The van der Waals surface area contributed by atoms with Gasteiger partial charge in [-0.1, -0.05) is 6.92 Å². The molecule has 0 radical (unpaired) electrons. The molecule has 0 bridgehead atoms. The number of likely N-dealkylation sites (N-methyl/N-ethyl adjacent to an activating group) is 1. The maximum absolute atomic E-state index is 12.4. The highest BCUT2D eigenvalue weighted by molar-refractivity contribution is 5.96. The topological polar surface area (TPSA) is 65.6 Å². The lowest BCUT2D eigenvalue weighted by atomic mass is 10.1. The van der Waals surface area contributed by atoms with E-state index in [1.807, 2.05) is 18.2 Å². The van der Waals surface area contributed by atoms with Crippen LogP contribution in [0.4, 0.5) is 11.4 Å². The average molecular weight is 290 g/mol. The Hall–Kier alpha value is -1.79. The van der Waals surface area contributed by atoms with Crippen molar-refractivity contribution in [2.45, 2.75) is 13.0 Å². The van der Waals surface area contributed by atoms with Crippen LogP contribution < -0.4 is 16.0 Å². The number of rotatable bonds is 2. The Balaban J connectivity index is 1.71. The van der Waals surface area contributed by atoms with Crippen molar-refractivity contribution in [2.24, 2.45) is 5.92 Å². The monoisotopic (exact) mass is 290 g/mol. The number of carbonyl (C=O) groups is 1. The van der Waals surface area contributed by atoms with Crippen LogP contribution in [0.2, 0.25) is 0 Å². The second-order valence-electron chi connectivity index (χ2n) is 5.89. The molecule has 0 unspecified atom stereocenters. The molecule has 2 heterocycles. The van der Waals surface area contributed by atoms with Crippen LogP contribution in [0.1, 0.15) is 17.3 Å². The van der Waals surface area contributed by atoms with Crippen molar-refractivity contribution in [1.29, 1.82) is 0 Å². The fourth-order valence-corrected chi connectivity index (χ4v) is 2.94. The zero-order valence-corrected chi connectivity index (χ0v) is 12.5. The first-order valence-electron chi connectivity index (χ1n) is 7.32. The lowest BCUT2D eigenvalue weighted by Gasteiger charge is -2.17. The molecule has 114 valence electrons. The minimum atomic E-state index is -0.0167. The van der Waals surface area contributed by atoms with Crippen molar-refractivity contribution < 1.29 is 9.53 Å². The van der Waals surface area contributed by atoms with E-state index in [0.717, 1.165) is 24.5 Å². The standard InChI is InChI=1S/C15H22N4O2/c1-10-6-19(2)7-14(10)18-15(20)11-3-4-12-13(5-11)17-9-21-8-16-12/h3-5,10,14,16-17H,6-9H2,1-2H3,(H,18,20)/t10-,14+/m0/s1. The van der Waals surface area contributed by atoms with Gasteiger partial charge in [-0.3, -0.25) is 4.79 Å². The number of benzene rings is 1. The molecular weight excluding hydrogens is 268 g/mol. The van der Waals surface area contributed by atoms with Crippen molar-refractivity contribution in [1.82, 2.24) is 10.2 Å². The molecule has 2 atom stereocenters. The summed E-state index contributed by atoms with van der Waals surface area (Å²) >= 11 is 0. The summed E-state index contributed by atoms with van der Waals surface area (Å²) < 4.78 is 5.28. The maximum atomic E-state index is 12.4. The van der Waals surface area contributed by atoms with E-state index in [4.69, 9.17) is 4.74 Å². The number of anilines is 2. The molecule has 3 rings (SSSR count). The number of ether oxygens (including phenoxy) is 1. The summed E-state index contributed by atoms with van der Waals surface area (Å²) in [6, 6.07) is 5.85. The number of likely N-dealkylation sites (tertiary alicyclic amines) is 1. The van der Waals surface area contributed by atoms with E-state index in [2.05, 4.69) is 34.8 Å². The summed E-state index contributed by atoms with van der Waals surface area (Å²) in [6.45, 7) is 5.02. The highest BCUT2D eigenvalue weighted by Crippen LogP contribution is 2.25. The Morgan fingerprint density at radius 2 is 2.05 bits per heavy atom. The predicted octanol–water partition coefficient (Wildman–Crippen LogP) is 1.14. The van der Waals surface area contributed by atoms with Crippen molar-refractivity contribution in [3.05, 3.63) is 23.8 Å². The third-order valence-corrected chi connectivity index (χ3v) is 4.12. The molecule has 6 heteroatoms. The Bertz CT molecular complexity index is 534. The van der Waals surface area contributed by atoms with Gasteiger partial charge in [0.05, 0.1) is 11.4 Å². The lowest BCUT2D eigenvalue weighted by Crippen LogP contribution is -2.39. The van der Waals surface area contributed by atoms with Crippen LogP contribution in [0.25, 0.3) is 0 Å². The fourth-order valence-electron chi connectivity index (χ4n) is 2.94. The van der Waals surface area contributed by atoms with Gasteiger partial charge in [0.25, 0.3) is 5.91 Å². The summed E-state index contributed by atoms with van der Waals surface area (Å²) in [7, 11) is 2.08. The summed E-state index contributed by atoms with van der Waals surface area (Å²) in [5.74, 6) is 0.463. The molecule has 1 aromatic carbocycles. The Labute approximate surface area is 124 Å². The Morgan fingerprint density at radius 3 is 2.76 bits per heavy atom. The minimum absolute atomic E-state index is 0.0167. The van der Waals surface area contributed by atoms with Crippen LogP contribution in [0.3, 0.4) is 0 Å². The number of nitrogens with one attached hydrogen (secondary N) is 3. The van der Waals surface area contributed by atoms with Crippen LogP contribution in [0, 0.1) is 5.92 Å². The third-order valence-electron chi connectivity index (χ3n) is 4.12. The quantitative estimate of drug-likeness (QED) is 0.762. The average Bonchev–Trinajstić information content (AvgIpc) is 2.67. The fraction of sp³-hybridized carbons (Fsp3) is 0.533. The number of amides is 1. The summed E-state index contributed by atoms with van der Waals surface area (Å²) in [4.78, 5) is 14.7. The smallest absolute Gasteiger partial charge is 0.251 e. The highest BCUT2D eigenvalue weighted by atomic mass is 16.5.